The lowest BCUT2D eigenvalue weighted by Gasteiger charge is -2.21. The summed E-state index contributed by atoms with van der Waals surface area (Å²) in [6, 6.07) is 2.08. The van der Waals surface area contributed by atoms with Crippen molar-refractivity contribution in [3.8, 4) is 0 Å². The molecule has 114 valence electrons. The van der Waals surface area contributed by atoms with Gasteiger partial charge in [0, 0.05) is 0 Å². The second-order valence-electron chi connectivity index (χ2n) is 5.56. The fraction of sp³-hybridized carbons (Fsp3) is 0.429. The van der Waals surface area contributed by atoms with E-state index in [1.165, 1.54) is 11.3 Å². The number of aromatic amines is 2. The van der Waals surface area contributed by atoms with Crippen LogP contribution < -0.4 is 5.56 Å². The third-order valence-corrected chi connectivity index (χ3v) is 4.90. The standard InChI is InChI=1S/C14H16N6OS/c1-8-15-13(19-18-8)10-3-2-5-20(10)7-11-16-9-4-6-22-12(9)14(21)17-11/h4,6,10H,2-3,5,7H2,1H3,(H,15,18,19)(H,16,17,21). The maximum atomic E-state index is 12.1. The van der Waals surface area contributed by atoms with E-state index in [1.807, 2.05) is 18.4 Å². The number of aromatic nitrogens is 5. The third-order valence-electron chi connectivity index (χ3n) is 3.99. The summed E-state index contributed by atoms with van der Waals surface area (Å²) in [5.41, 5.74) is 0.715. The van der Waals surface area contributed by atoms with Gasteiger partial charge in [-0.15, -0.1) is 11.3 Å². The van der Waals surface area contributed by atoms with E-state index in [1.54, 1.807) is 0 Å². The number of hydrogen-bond acceptors (Lipinski definition) is 6. The van der Waals surface area contributed by atoms with Crippen molar-refractivity contribution in [2.24, 2.45) is 0 Å². The van der Waals surface area contributed by atoms with Crippen LogP contribution in [0.25, 0.3) is 10.2 Å². The highest BCUT2D eigenvalue weighted by Crippen LogP contribution is 2.30. The van der Waals surface area contributed by atoms with Gasteiger partial charge >= 0.3 is 0 Å². The molecule has 0 radical (unpaired) electrons. The number of rotatable bonds is 3. The quantitative estimate of drug-likeness (QED) is 0.768. The zero-order chi connectivity index (χ0) is 15.1. The van der Waals surface area contributed by atoms with Gasteiger partial charge in [0.25, 0.3) is 5.56 Å². The highest BCUT2D eigenvalue weighted by atomic mass is 32.1. The molecule has 4 rings (SSSR count). The zero-order valence-corrected chi connectivity index (χ0v) is 13.0. The summed E-state index contributed by atoms with van der Waals surface area (Å²) in [4.78, 5) is 26.2. The molecule has 0 spiro atoms. The number of nitrogens with zero attached hydrogens (tertiary/aromatic N) is 4. The minimum atomic E-state index is -0.0560. The van der Waals surface area contributed by atoms with E-state index < -0.39 is 0 Å². The molecule has 4 heterocycles. The Morgan fingerprint density at radius 2 is 2.36 bits per heavy atom. The van der Waals surface area contributed by atoms with Crippen LogP contribution in [0.4, 0.5) is 0 Å². The molecule has 22 heavy (non-hydrogen) atoms. The lowest BCUT2D eigenvalue weighted by molar-refractivity contribution is 0.234. The Morgan fingerprint density at radius 1 is 1.45 bits per heavy atom. The van der Waals surface area contributed by atoms with Crippen molar-refractivity contribution in [3.63, 3.8) is 0 Å². The van der Waals surface area contributed by atoms with E-state index in [2.05, 4.69) is 30.0 Å². The third kappa shape index (κ3) is 2.34. The Hall–Kier alpha value is -2.06. The molecular formula is C14H16N6OS. The van der Waals surface area contributed by atoms with Crippen LogP contribution in [0.3, 0.4) is 0 Å². The Bertz CT molecular complexity index is 865. The van der Waals surface area contributed by atoms with Gasteiger partial charge in [0.1, 0.15) is 16.3 Å². The van der Waals surface area contributed by atoms with Gasteiger partial charge in [-0.25, -0.2) is 9.97 Å². The molecule has 0 bridgehead atoms. The molecule has 2 N–H and O–H groups in total. The van der Waals surface area contributed by atoms with E-state index in [0.29, 0.717) is 17.1 Å². The highest BCUT2D eigenvalue weighted by molar-refractivity contribution is 7.17. The predicted octanol–water partition coefficient (Wildman–Crippen LogP) is 1.75. The van der Waals surface area contributed by atoms with E-state index in [9.17, 15) is 4.79 Å². The molecule has 0 amide bonds. The molecule has 0 aromatic carbocycles. The molecule has 1 atom stereocenters. The first kappa shape index (κ1) is 13.6. The van der Waals surface area contributed by atoms with Crippen molar-refractivity contribution in [1.29, 1.82) is 0 Å². The number of thiophene rings is 1. The number of nitrogens with one attached hydrogen (secondary N) is 2. The van der Waals surface area contributed by atoms with Gasteiger partial charge in [-0.3, -0.25) is 14.8 Å². The van der Waals surface area contributed by atoms with Crippen LogP contribution in [0.5, 0.6) is 0 Å². The van der Waals surface area contributed by atoms with Crippen molar-refractivity contribution < 1.29 is 0 Å². The summed E-state index contributed by atoms with van der Waals surface area (Å²) < 4.78 is 0.686. The largest absolute Gasteiger partial charge is 0.308 e. The molecule has 3 aromatic rings. The van der Waals surface area contributed by atoms with Crippen molar-refractivity contribution in [1.82, 2.24) is 30.0 Å². The summed E-state index contributed by atoms with van der Waals surface area (Å²) in [7, 11) is 0. The van der Waals surface area contributed by atoms with Gasteiger partial charge in [0.05, 0.1) is 18.1 Å². The van der Waals surface area contributed by atoms with E-state index in [-0.39, 0.29) is 11.6 Å². The minimum absolute atomic E-state index is 0.0560. The summed E-state index contributed by atoms with van der Waals surface area (Å²) in [6.07, 6.45) is 2.13. The van der Waals surface area contributed by atoms with Crippen molar-refractivity contribution in [2.45, 2.75) is 32.4 Å². The minimum Gasteiger partial charge on any atom is -0.308 e. The second kappa shape index (κ2) is 5.29. The summed E-state index contributed by atoms with van der Waals surface area (Å²) in [5, 5.41) is 9.07. The van der Waals surface area contributed by atoms with E-state index in [4.69, 9.17) is 0 Å². The molecule has 1 aliphatic rings. The number of hydrogen-bond donors (Lipinski definition) is 2. The van der Waals surface area contributed by atoms with Crippen LogP contribution in [0.2, 0.25) is 0 Å². The molecule has 0 aliphatic carbocycles. The predicted molar refractivity (Wildman–Crippen MR) is 83.7 cm³/mol. The lowest BCUT2D eigenvalue weighted by atomic mass is 10.2. The monoisotopic (exact) mass is 316 g/mol. The van der Waals surface area contributed by atoms with Crippen molar-refractivity contribution >= 4 is 21.6 Å². The van der Waals surface area contributed by atoms with Gasteiger partial charge in [0.15, 0.2) is 5.82 Å². The van der Waals surface area contributed by atoms with Crippen molar-refractivity contribution in [2.75, 3.05) is 6.54 Å². The molecular weight excluding hydrogens is 300 g/mol. The van der Waals surface area contributed by atoms with E-state index >= 15 is 0 Å². The summed E-state index contributed by atoms with van der Waals surface area (Å²) in [5.74, 6) is 2.36. The zero-order valence-electron chi connectivity index (χ0n) is 12.2. The van der Waals surface area contributed by atoms with Crippen LogP contribution in [0.15, 0.2) is 16.2 Å². The molecule has 1 saturated heterocycles. The molecule has 1 aliphatic heterocycles. The molecule has 3 aromatic heterocycles. The van der Waals surface area contributed by atoms with Gasteiger partial charge in [-0.2, -0.15) is 5.10 Å². The first-order chi connectivity index (χ1) is 10.7. The highest BCUT2D eigenvalue weighted by Gasteiger charge is 2.29. The lowest BCUT2D eigenvalue weighted by Crippen LogP contribution is -2.26. The fourth-order valence-electron chi connectivity index (χ4n) is 3.01. The topological polar surface area (TPSA) is 90.6 Å². The maximum absolute atomic E-state index is 12.1. The Morgan fingerprint density at radius 3 is 3.18 bits per heavy atom. The van der Waals surface area contributed by atoms with Gasteiger partial charge in [0.2, 0.25) is 0 Å². The number of aryl methyl sites for hydroxylation is 1. The number of likely N-dealkylation sites (tertiary alicyclic amines) is 1. The van der Waals surface area contributed by atoms with Crippen LogP contribution in [-0.2, 0) is 6.54 Å². The van der Waals surface area contributed by atoms with E-state index in [0.717, 1.165) is 36.6 Å². The first-order valence-corrected chi connectivity index (χ1v) is 8.18. The molecule has 8 heteroatoms. The fourth-order valence-corrected chi connectivity index (χ4v) is 3.73. The first-order valence-electron chi connectivity index (χ1n) is 7.30. The Balaban J connectivity index is 1.62. The number of H-pyrrole nitrogens is 2. The smallest absolute Gasteiger partial charge is 0.268 e. The maximum Gasteiger partial charge on any atom is 0.268 e. The molecule has 0 saturated carbocycles. The summed E-state index contributed by atoms with van der Waals surface area (Å²) >= 11 is 1.42. The molecule has 1 fully saturated rings. The second-order valence-corrected chi connectivity index (χ2v) is 6.47. The molecule has 1 unspecified atom stereocenters. The Labute approximate surface area is 130 Å². The Kier molecular flexibility index (Phi) is 3.27. The van der Waals surface area contributed by atoms with Crippen LogP contribution >= 0.6 is 11.3 Å². The van der Waals surface area contributed by atoms with Gasteiger partial charge in [-0.05, 0) is 37.8 Å². The van der Waals surface area contributed by atoms with Gasteiger partial charge in [-0.1, -0.05) is 0 Å². The molecule has 7 nitrogen and oxygen atoms in total. The van der Waals surface area contributed by atoms with Gasteiger partial charge < -0.3 is 4.98 Å². The average molecular weight is 316 g/mol. The average Bonchev–Trinajstić information content (AvgIpc) is 3.19. The normalized spacial score (nSPS) is 19.2. The summed E-state index contributed by atoms with van der Waals surface area (Å²) in [6.45, 7) is 3.47. The SMILES string of the molecule is Cc1nc(C2CCCN2Cc2nc3ccsc3c(=O)[nH]2)n[nH]1. The van der Waals surface area contributed by atoms with Crippen molar-refractivity contribution in [3.05, 3.63) is 39.3 Å². The van der Waals surface area contributed by atoms with Crippen LogP contribution in [0, 0.1) is 6.92 Å². The van der Waals surface area contributed by atoms with Crippen LogP contribution in [-0.4, -0.2) is 36.6 Å². The van der Waals surface area contributed by atoms with Crippen LogP contribution in [0.1, 0.15) is 36.4 Å². The number of fused-ring (bicyclic) bond motifs is 1.